The van der Waals surface area contributed by atoms with Gasteiger partial charge in [0.15, 0.2) is 0 Å². The molecule has 0 radical (unpaired) electrons. The van der Waals surface area contributed by atoms with Gasteiger partial charge in [-0.3, -0.25) is 4.90 Å². The van der Waals surface area contributed by atoms with E-state index < -0.39 is 0 Å². The minimum absolute atomic E-state index is 0.265. The number of hydrogen-bond donors (Lipinski definition) is 2. The second-order valence-electron chi connectivity index (χ2n) is 5.18. The van der Waals surface area contributed by atoms with Gasteiger partial charge in [0.1, 0.15) is 0 Å². The maximum absolute atomic E-state index is 10.6. The van der Waals surface area contributed by atoms with Crippen LogP contribution in [0.4, 0.5) is 0 Å². The molecule has 1 aliphatic heterocycles. The molecular weight excluding hydrogens is 248 g/mol. The highest BCUT2D eigenvalue weighted by Crippen LogP contribution is 2.34. The van der Waals surface area contributed by atoms with E-state index in [2.05, 4.69) is 10.2 Å². The lowest BCUT2D eigenvalue weighted by Crippen LogP contribution is -2.51. The van der Waals surface area contributed by atoms with Crippen LogP contribution in [-0.2, 0) is 6.42 Å². The number of hydrogen-bond acceptors (Lipinski definition) is 3. The molecule has 2 N–H and O–H groups in total. The minimum Gasteiger partial charge on any atom is -0.387 e. The van der Waals surface area contributed by atoms with Crippen molar-refractivity contribution in [1.29, 1.82) is 0 Å². The van der Waals surface area contributed by atoms with Gasteiger partial charge in [0, 0.05) is 37.2 Å². The number of halogens is 1. The van der Waals surface area contributed by atoms with E-state index in [1.165, 1.54) is 5.56 Å². The van der Waals surface area contributed by atoms with E-state index in [-0.39, 0.29) is 12.1 Å². The Balaban J connectivity index is 1.82. The van der Waals surface area contributed by atoms with Crippen LogP contribution in [0.3, 0.4) is 0 Å². The van der Waals surface area contributed by atoms with Gasteiger partial charge in [-0.05, 0) is 36.1 Å². The molecule has 0 spiro atoms. The average molecular weight is 267 g/mol. The summed E-state index contributed by atoms with van der Waals surface area (Å²) < 4.78 is 0. The van der Waals surface area contributed by atoms with E-state index in [0.717, 1.165) is 49.6 Å². The predicted molar refractivity (Wildman–Crippen MR) is 73.0 cm³/mol. The first-order valence-corrected chi connectivity index (χ1v) is 7.04. The Bertz CT molecular complexity index is 432. The number of aryl methyl sites for hydroxylation is 1. The van der Waals surface area contributed by atoms with Gasteiger partial charge in [0.2, 0.25) is 0 Å². The summed E-state index contributed by atoms with van der Waals surface area (Å²) in [5.41, 5.74) is 2.27. The van der Waals surface area contributed by atoms with Crippen molar-refractivity contribution in [2.24, 2.45) is 0 Å². The van der Waals surface area contributed by atoms with E-state index in [4.69, 9.17) is 11.6 Å². The molecule has 0 amide bonds. The Morgan fingerprint density at radius 3 is 2.83 bits per heavy atom. The van der Waals surface area contributed by atoms with Crippen molar-refractivity contribution in [1.82, 2.24) is 10.2 Å². The molecule has 1 aromatic rings. The fourth-order valence-corrected chi connectivity index (χ4v) is 3.34. The molecule has 1 heterocycles. The molecule has 98 valence electrons. The van der Waals surface area contributed by atoms with Crippen LogP contribution in [0.5, 0.6) is 0 Å². The van der Waals surface area contributed by atoms with E-state index in [1.54, 1.807) is 0 Å². The second-order valence-corrected chi connectivity index (χ2v) is 5.62. The summed E-state index contributed by atoms with van der Waals surface area (Å²) in [5, 5.41) is 14.7. The van der Waals surface area contributed by atoms with Gasteiger partial charge in [-0.1, -0.05) is 17.7 Å². The van der Waals surface area contributed by atoms with Gasteiger partial charge in [-0.2, -0.15) is 0 Å². The summed E-state index contributed by atoms with van der Waals surface area (Å²) in [4.78, 5) is 2.42. The average Bonchev–Trinajstić information content (AvgIpc) is 2.40. The Morgan fingerprint density at radius 2 is 2.06 bits per heavy atom. The van der Waals surface area contributed by atoms with Crippen LogP contribution in [0, 0.1) is 0 Å². The number of nitrogens with zero attached hydrogens (tertiary/aromatic N) is 1. The van der Waals surface area contributed by atoms with Crippen molar-refractivity contribution in [2.75, 3.05) is 26.2 Å². The lowest BCUT2D eigenvalue weighted by Gasteiger charge is -2.40. The molecule has 3 rings (SSSR count). The fraction of sp³-hybridized carbons (Fsp3) is 0.571. The summed E-state index contributed by atoms with van der Waals surface area (Å²) in [6, 6.07) is 6.12. The highest BCUT2D eigenvalue weighted by Gasteiger charge is 2.32. The van der Waals surface area contributed by atoms with E-state index in [0.29, 0.717) is 0 Å². The number of piperazine rings is 1. The molecule has 2 unspecified atom stereocenters. The molecule has 1 aliphatic carbocycles. The third-order valence-electron chi connectivity index (χ3n) is 4.12. The zero-order valence-corrected chi connectivity index (χ0v) is 11.2. The number of aliphatic hydroxyl groups excluding tert-OH is 1. The predicted octanol–water partition coefficient (Wildman–Crippen LogP) is 1.59. The topological polar surface area (TPSA) is 35.5 Å². The first-order valence-electron chi connectivity index (χ1n) is 6.67. The van der Waals surface area contributed by atoms with Crippen molar-refractivity contribution in [3.63, 3.8) is 0 Å². The number of rotatable bonds is 1. The van der Waals surface area contributed by atoms with Crippen molar-refractivity contribution >= 4 is 11.6 Å². The molecule has 2 atom stereocenters. The third kappa shape index (κ3) is 2.28. The normalized spacial score (nSPS) is 29.0. The maximum atomic E-state index is 10.6. The SMILES string of the molecule is OC1c2ccc(Cl)cc2CCC1N1CCNCC1. The summed E-state index contributed by atoms with van der Waals surface area (Å²) in [5.74, 6) is 0. The van der Waals surface area contributed by atoms with Crippen LogP contribution in [0.1, 0.15) is 23.7 Å². The Morgan fingerprint density at radius 1 is 1.28 bits per heavy atom. The smallest absolute Gasteiger partial charge is 0.0947 e. The highest BCUT2D eigenvalue weighted by molar-refractivity contribution is 6.30. The Kier molecular flexibility index (Phi) is 3.57. The number of aliphatic hydroxyl groups is 1. The summed E-state index contributed by atoms with van der Waals surface area (Å²) in [7, 11) is 0. The van der Waals surface area contributed by atoms with Crippen molar-refractivity contribution < 1.29 is 5.11 Å². The van der Waals surface area contributed by atoms with Crippen LogP contribution in [0.15, 0.2) is 18.2 Å². The van der Waals surface area contributed by atoms with Gasteiger partial charge in [-0.25, -0.2) is 0 Å². The lowest BCUT2D eigenvalue weighted by atomic mass is 9.85. The standard InChI is InChI=1S/C14H19ClN2O/c15-11-2-3-12-10(9-11)1-4-13(14(12)18)17-7-5-16-6-8-17/h2-3,9,13-14,16,18H,1,4-8H2. The molecule has 0 aromatic heterocycles. The summed E-state index contributed by atoms with van der Waals surface area (Å²) in [6.45, 7) is 4.11. The van der Waals surface area contributed by atoms with Gasteiger partial charge in [0.25, 0.3) is 0 Å². The minimum atomic E-state index is -0.371. The molecule has 4 heteroatoms. The van der Waals surface area contributed by atoms with Crippen molar-refractivity contribution in [3.05, 3.63) is 34.3 Å². The van der Waals surface area contributed by atoms with Crippen LogP contribution in [0.2, 0.25) is 5.02 Å². The van der Waals surface area contributed by atoms with E-state index in [1.807, 2.05) is 18.2 Å². The fourth-order valence-electron chi connectivity index (χ4n) is 3.14. The maximum Gasteiger partial charge on any atom is 0.0947 e. The number of nitrogens with one attached hydrogen (secondary N) is 1. The zero-order chi connectivity index (χ0) is 12.5. The third-order valence-corrected chi connectivity index (χ3v) is 4.35. The molecule has 1 saturated heterocycles. The van der Waals surface area contributed by atoms with Crippen LogP contribution in [-0.4, -0.2) is 42.2 Å². The first-order chi connectivity index (χ1) is 8.75. The quantitative estimate of drug-likeness (QED) is 0.810. The van der Waals surface area contributed by atoms with Crippen LogP contribution >= 0.6 is 11.6 Å². The largest absolute Gasteiger partial charge is 0.387 e. The first kappa shape index (κ1) is 12.4. The second kappa shape index (κ2) is 5.17. The molecule has 0 saturated carbocycles. The van der Waals surface area contributed by atoms with Crippen molar-refractivity contribution in [2.45, 2.75) is 25.0 Å². The molecule has 1 fully saturated rings. The summed E-state index contributed by atoms with van der Waals surface area (Å²) in [6.07, 6.45) is 1.67. The van der Waals surface area contributed by atoms with E-state index >= 15 is 0 Å². The molecular formula is C14H19ClN2O. The molecule has 3 nitrogen and oxygen atoms in total. The molecule has 0 bridgehead atoms. The zero-order valence-electron chi connectivity index (χ0n) is 10.4. The number of benzene rings is 1. The highest BCUT2D eigenvalue weighted by atomic mass is 35.5. The van der Waals surface area contributed by atoms with Crippen LogP contribution < -0.4 is 5.32 Å². The molecule has 1 aromatic carbocycles. The van der Waals surface area contributed by atoms with Gasteiger partial charge in [0.05, 0.1) is 6.10 Å². The Hall–Kier alpha value is -0.610. The lowest BCUT2D eigenvalue weighted by molar-refractivity contribution is 0.0297. The number of fused-ring (bicyclic) bond motifs is 1. The van der Waals surface area contributed by atoms with Gasteiger partial charge >= 0.3 is 0 Å². The van der Waals surface area contributed by atoms with Crippen LogP contribution in [0.25, 0.3) is 0 Å². The van der Waals surface area contributed by atoms with Crippen molar-refractivity contribution in [3.8, 4) is 0 Å². The Labute approximate surface area is 113 Å². The molecule has 18 heavy (non-hydrogen) atoms. The molecule has 2 aliphatic rings. The van der Waals surface area contributed by atoms with E-state index in [9.17, 15) is 5.11 Å². The summed E-state index contributed by atoms with van der Waals surface area (Å²) >= 11 is 6.01. The van der Waals surface area contributed by atoms with Gasteiger partial charge in [-0.15, -0.1) is 0 Å². The monoisotopic (exact) mass is 266 g/mol. The van der Waals surface area contributed by atoms with Gasteiger partial charge < -0.3 is 10.4 Å².